The molecule has 0 radical (unpaired) electrons. The first-order valence-electron chi connectivity index (χ1n) is 4.26. The summed E-state index contributed by atoms with van der Waals surface area (Å²) in [5.41, 5.74) is 0. The zero-order valence-corrected chi connectivity index (χ0v) is 9.36. The summed E-state index contributed by atoms with van der Waals surface area (Å²) in [6, 6.07) is 5.40. The van der Waals surface area contributed by atoms with Crippen molar-refractivity contribution in [2.75, 3.05) is 13.7 Å². The van der Waals surface area contributed by atoms with Gasteiger partial charge in [0.2, 0.25) is 10.0 Å². The second-order valence-corrected chi connectivity index (χ2v) is 4.44. The summed E-state index contributed by atoms with van der Waals surface area (Å²) in [4.78, 5) is 10.7. The van der Waals surface area contributed by atoms with E-state index in [9.17, 15) is 13.2 Å². The predicted octanol–water partition coefficient (Wildman–Crippen LogP) is -0.114. The Hall–Kier alpha value is -1.60. The molecule has 0 saturated carbocycles. The molecule has 1 aromatic rings. The topological polar surface area (TPSA) is 95.7 Å². The molecule has 0 aliphatic carbocycles. The van der Waals surface area contributed by atoms with Gasteiger partial charge in [0.15, 0.2) is 6.61 Å². The Bertz CT molecular complexity index is 465. The SMILES string of the molecule is COC(=O)COc1ccc(S(N)(=O)=O)cc1. The summed E-state index contributed by atoms with van der Waals surface area (Å²) < 4.78 is 31.2. The molecule has 0 fully saturated rings. The zero-order chi connectivity index (χ0) is 12.2. The minimum absolute atomic E-state index is 0.0158. The van der Waals surface area contributed by atoms with Crippen molar-refractivity contribution in [3.63, 3.8) is 0 Å². The van der Waals surface area contributed by atoms with Crippen molar-refractivity contribution in [2.45, 2.75) is 4.90 Å². The molecule has 1 aromatic carbocycles. The summed E-state index contributed by atoms with van der Waals surface area (Å²) in [7, 11) is -2.46. The quantitative estimate of drug-likeness (QED) is 0.746. The van der Waals surface area contributed by atoms with Crippen LogP contribution in [0, 0.1) is 0 Å². The van der Waals surface area contributed by atoms with Crippen molar-refractivity contribution in [3.8, 4) is 5.75 Å². The van der Waals surface area contributed by atoms with Crippen LogP contribution < -0.4 is 9.88 Å². The zero-order valence-electron chi connectivity index (χ0n) is 8.54. The predicted molar refractivity (Wildman–Crippen MR) is 55.3 cm³/mol. The van der Waals surface area contributed by atoms with Crippen molar-refractivity contribution in [3.05, 3.63) is 24.3 Å². The van der Waals surface area contributed by atoms with Crippen LogP contribution in [0.25, 0.3) is 0 Å². The fraction of sp³-hybridized carbons (Fsp3) is 0.222. The fourth-order valence-corrected chi connectivity index (χ4v) is 1.44. The molecule has 1 rings (SSSR count). The Morgan fingerprint density at radius 2 is 1.88 bits per heavy atom. The van der Waals surface area contributed by atoms with Crippen LogP contribution in [0.1, 0.15) is 0 Å². The van der Waals surface area contributed by atoms with Gasteiger partial charge in [0.05, 0.1) is 12.0 Å². The molecule has 0 atom stereocenters. The smallest absolute Gasteiger partial charge is 0.343 e. The van der Waals surface area contributed by atoms with Crippen LogP contribution in [0.4, 0.5) is 0 Å². The maximum absolute atomic E-state index is 10.9. The third-order valence-corrected chi connectivity index (χ3v) is 2.67. The van der Waals surface area contributed by atoms with Crippen molar-refractivity contribution in [2.24, 2.45) is 5.14 Å². The first-order valence-corrected chi connectivity index (χ1v) is 5.80. The Morgan fingerprint density at radius 1 is 1.31 bits per heavy atom. The molecule has 6 nitrogen and oxygen atoms in total. The lowest BCUT2D eigenvalue weighted by Crippen LogP contribution is -2.13. The molecule has 0 aliphatic rings. The Balaban J connectivity index is 2.69. The minimum Gasteiger partial charge on any atom is -0.482 e. The number of rotatable bonds is 4. The Kier molecular flexibility index (Phi) is 3.86. The van der Waals surface area contributed by atoms with Crippen molar-refractivity contribution < 1.29 is 22.7 Å². The van der Waals surface area contributed by atoms with E-state index in [1.165, 1.54) is 31.4 Å². The lowest BCUT2D eigenvalue weighted by molar-refractivity contribution is -0.142. The number of primary sulfonamides is 1. The van der Waals surface area contributed by atoms with Crippen LogP contribution in [-0.2, 0) is 19.6 Å². The molecule has 7 heteroatoms. The van der Waals surface area contributed by atoms with E-state index >= 15 is 0 Å². The summed E-state index contributed by atoms with van der Waals surface area (Å²) in [5.74, 6) is -0.159. The van der Waals surface area contributed by atoms with Crippen LogP contribution >= 0.6 is 0 Å². The number of hydrogen-bond donors (Lipinski definition) is 1. The number of benzene rings is 1. The molecular weight excluding hydrogens is 234 g/mol. The second-order valence-electron chi connectivity index (χ2n) is 2.88. The average Bonchev–Trinajstić information content (AvgIpc) is 2.25. The molecule has 0 amide bonds. The normalized spacial score (nSPS) is 10.9. The standard InChI is InChI=1S/C9H11NO5S/c1-14-9(11)6-15-7-2-4-8(5-3-7)16(10,12)13/h2-5H,6H2,1H3,(H2,10,12,13). The van der Waals surface area contributed by atoms with Gasteiger partial charge in [0.25, 0.3) is 0 Å². The first kappa shape index (κ1) is 12.5. The van der Waals surface area contributed by atoms with Crippen LogP contribution in [0.5, 0.6) is 5.75 Å². The van der Waals surface area contributed by atoms with Gasteiger partial charge in [-0.3, -0.25) is 0 Å². The number of sulfonamides is 1. The van der Waals surface area contributed by atoms with E-state index in [0.717, 1.165) is 0 Å². The highest BCUT2D eigenvalue weighted by atomic mass is 32.2. The molecule has 0 aliphatic heterocycles. The van der Waals surface area contributed by atoms with E-state index in [1.807, 2.05) is 0 Å². The number of methoxy groups -OCH3 is 1. The van der Waals surface area contributed by atoms with Gasteiger partial charge < -0.3 is 9.47 Å². The molecule has 0 saturated heterocycles. The van der Waals surface area contributed by atoms with Crippen molar-refractivity contribution in [1.82, 2.24) is 0 Å². The highest BCUT2D eigenvalue weighted by molar-refractivity contribution is 7.89. The van der Waals surface area contributed by atoms with Crippen molar-refractivity contribution in [1.29, 1.82) is 0 Å². The van der Waals surface area contributed by atoms with Gasteiger partial charge in [-0.05, 0) is 24.3 Å². The minimum atomic E-state index is -3.70. The van der Waals surface area contributed by atoms with E-state index in [1.54, 1.807) is 0 Å². The van der Waals surface area contributed by atoms with Gasteiger partial charge >= 0.3 is 5.97 Å². The van der Waals surface area contributed by atoms with Crippen molar-refractivity contribution >= 4 is 16.0 Å². The molecule has 0 unspecified atom stereocenters. The van der Waals surface area contributed by atoms with E-state index in [4.69, 9.17) is 9.88 Å². The van der Waals surface area contributed by atoms with Gasteiger partial charge in [-0.15, -0.1) is 0 Å². The summed E-state index contributed by atoms with van der Waals surface area (Å²) >= 11 is 0. The van der Waals surface area contributed by atoms with E-state index in [0.29, 0.717) is 5.75 Å². The largest absolute Gasteiger partial charge is 0.482 e. The number of hydrogen-bond acceptors (Lipinski definition) is 5. The highest BCUT2D eigenvalue weighted by Crippen LogP contribution is 2.14. The Labute approximate surface area is 93.0 Å². The maximum atomic E-state index is 10.9. The number of ether oxygens (including phenoxy) is 2. The molecule has 0 bridgehead atoms. The van der Waals surface area contributed by atoms with Crippen LogP contribution in [-0.4, -0.2) is 28.1 Å². The third kappa shape index (κ3) is 3.52. The lowest BCUT2D eigenvalue weighted by atomic mass is 10.3. The molecule has 0 heterocycles. The number of carbonyl (C=O) groups is 1. The van der Waals surface area contributed by atoms with Gasteiger partial charge in [-0.1, -0.05) is 0 Å². The van der Waals surface area contributed by atoms with E-state index < -0.39 is 16.0 Å². The summed E-state index contributed by atoms with van der Waals surface area (Å²) in [6.45, 7) is -0.231. The van der Waals surface area contributed by atoms with E-state index in [-0.39, 0.29) is 11.5 Å². The van der Waals surface area contributed by atoms with Crippen LogP contribution in [0.2, 0.25) is 0 Å². The van der Waals surface area contributed by atoms with Gasteiger partial charge in [0.1, 0.15) is 5.75 Å². The molecule has 0 spiro atoms. The molecule has 2 N–H and O–H groups in total. The molecule has 0 aromatic heterocycles. The third-order valence-electron chi connectivity index (χ3n) is 1.74. The van der Waals surface area contributed by atoms with E-state index in [2.05, 4.69) is 4.74 Å². The number of carbonyl (C=O) groups excluding carboxylic acids is 1. The van der Waals surface area contributed by atoms with Gasteiger partial charge in [-0.25, -0.2) is 18.4 Å². The average molecular weight is 245 g/mol. The first-order chi connectivity index (χ1) is 7.43. The second kappa shape index (κ2) is 4.95. The summed E-state index contributed by atoms with van der Waals surface area (Å²) in [6.07, 6.45) is 0. The molecule has 88 valence electrons. The lowest BCUT2D eigenvalue weighted by Gasteiger charge is -2.05. The number of esters is 1. The van der Waals surface area contributed by atoms with Crippen LogP contribution in [0.15, 0.2) is 29.2 Å². The molecular formula is C9H11NO5S. The Morgan fingerprint density at radius 3 is 2.31 bits per heavy atom. The summed E-state index contributed by atoms with van der Waals surface area (Å²) in [5, 5.41) is 4.91. The highest BCUT2D eigenvalue weighted by Gasteiger charge is 2.07. The molecule has 16 heavy (non-hydrogen) atoms. The van der Waals surface area contributed by atoms with Crippen LogP contribution in [0.3, 0.4) is 0 Å². The maximum Gasteiger partial charge on any atom is 0.343 e. The number of nitrogens with two attached hydrogens (primary N) is 1. The monoisotopic (exact) mass is 245 g/mol. The van der Waals surface area contributed by atoms with Gasteiger partial charge in [-0.2, -0.15) is 0 Å². The van der Waals surface area contributed by atoms with Gasteiger partial charge in [0, 0.05) is 0 Å². The fourth-order valence-electron chi connectivity index (χ4n) is 0.927.